The highest BCUT2D eigenvalue weighted by Gasteiger charge is 2.36. The highest BCUT2D eigenvalue weighted by atomic mass is 19.4. The second-order valence-electron chi connectivity index (χ2n) is 3.86. The SMILES string of the molecule is CCCC(C)c1ccc(N)nc1C(F)(F)F. The lowest BCUT2D eigenvalue weighted by atomic mass is 9.95. The molecule has 0 aromatic carbocycles. The van der Waals surface area contributed by atoms with E-state index in [1.807, 2.05) is 6.92 Å². The molecule has 1 aromatic rings. The average molecular weight is 232 g/mol. The highest BCUT2D eigenvalue weighted by molar-refractivity contribution is 5.37. The van der Waals surface area contributed by atoms with Crippen LogP contribution in [0.5, 0.6) is 0 Å². The molecule has 2 N–H and O–H groups in total. The van der Waals surface area contributed by atoms with Crippen molar-refractivity contribution < 1.29 is 13.2 Å². The van der Waals surface area contributed by atoms with E-state index < -0.39 is 11.9 Å². The molecule has 2 nitrogen and oxygen atoms in total. The zero-order valence-corrected chi connectivity index (χ0v) is 9.30. The maximum atomic E-state index is 12.7. The third-order valence-electron chi connectivity index (χ3n) is 2.47. The van der Waals surface area contributed by atoms with Crippen molar-refractivity contribution in [2.45, 2.75) is 38.8 Å². The molecule has 0 saturated heterocycles. The Labute approximate surface area is 92.7 Å². The van der Waals surface area contributed by atoms with Crippen LogP contribution in [0.2, 0.25) is 0 Å². The van der Waals surface area contributed by atoms with Gasteiger partial charge < -0.3 is 5.73 Å². The topological polar surface area (TPSA) is 38.9 Å². The molecule has 16 heavy (non-hydrogen) atoms. The lowest BCUT2D eigenvalue weighted by Gasteiger charge is -2.17. The molecule has 0 aliphatic heterocycles. The minimum Gasteiger partial charge on any atom is -0.384 e. The van der Waals surface area contributed by atoms with Crippen molar-refractivity contribution in [2.24, 2.45) is 0 Å². The second-order valence-corrected chi connectivity index (χ2v) is 3.86. The Balaban J connectivity index is 3.18. The van der Waals surface area contributed by atoms with Crippen molar-refractivity contribution in [2.75, 3.05) is 5.73 Å². The summed E-state index contributed by atoms with van der Waals surface area (Å²) in [7, 11) is 0. The summed E-state index contributed by atoms with van der Waals surface area (Å²) in [6, 6.07) is 2.84. The van der Waals surface area contributed by atoms with Crippen molar-refractivity contribution in [1.82, 2.24) is 4.98 Å². The Bertz CT molecular complexity index is 361. The number of nitrogen functional groups attached to an aromatic ring is 1. The van der Waals surface area contributed by atoms with E-state index in [9.17, 15) is 13.2 Å². The van der Waals surface area contributed by atoms with Crippen LogP contribution in [0.15, 0.2) is 12.1 Å². The number of nitrogens with zero attached hydrogens (tertiary/aromatic N) is 1. The lowest BCUT2D eigenvalue weighted by molar-refractivity contribution is -0.141. The van der Waals surface area contributed by atoms with E-state index in [2.05, 4.69) is 4.98 Å². The van der Waals surface area contributed by atoms with Gasteiger partial charge in [-0.15, -0.1) is 0 Å². The summed E-state index contributed by atoms with van der Waals surface area (Å²) >= 11 is 0. The summed E-state index contributed by atoms with van der Waals surface area (Å²) in [6.07, 6.45) is -2.90. The van der Waals surface area contributed by atoms with E-state index in [4.69, 9.17) is 5.73 Å². The molecule has 0 aliphatic rings. The fourth-order valence-electron chi connectivity index (χ4n) is 1.70. The third-order valence-corrected chi connectivity index (χ3v) is 2.47. The fraction of sp³-hybridized carbons (Fsp3) is 0.545. The van der Waals surface area contributed by atoms with Crippen molar-refractivity contribution in [1.29, 1.82) is 0 Å². The number of rotatable bonds is 3. The van der Waals surface area contributed by atoms with Crippen LogP contribution in [0.25, 0.3) is 0 Å². The Morgan fingerprint density at radius 1 is 1.38 bits per heavy atom. The standard InChI is InChI=1S/C11H15F3N2/c1-3-4-7(2)8-5-6-9(15)16-10(8)11(12,13)14/h5-7H,3-4H2,1-2H3,(H2,15,16). The van der Waals surface area contributed by atoms with Gasteiger partial charge in [-0.3, -0.25) is 0 Å². The van der Waals surface area contributed by atoms with E-state index in [1.54, 1.807) is 6.92 Å². The van der Waals surface area contributed by atoms with Gasteiger partial charge in [-0.2, -0.15) is 13.2 Å². The highest BCUT2D eigenvalue weighted by Crippen LogP contribution is 2.35. The van der Waals surface area contributed by atoms with Gasteiger partial charge in [0.25, 0.3) is 0 Å². The van der Waals surface area contributed by atoms with Gasteiger partial charge in [0.1, 0.15) is 11.5 Å². The molecule has 5 heteroatoms. The monoisotopic (exact) mass is 232 g/mol. The molecular formula is C11H15F3N2. The first-order valence-electron chi connectivity index (χ1n) is 5.19. The Morgan fingerprint density at radius 3 is 2.50 bits per heavy atom. The van der Waals surface area contributed by atoms with Gasteiger partial charge in [0.05, 0.1) is 0 Å². The smallest absolute Gasteiger partial charge is 0.384 e. The lowest BCUT2D eigenvalue weighted by Crippen LogP contribution is -2.14. The molecule has 0 fully saturated rings. The van der Waals surface area contributed by atoms with Crippen molar-refractivity contribution in [3.8, 4) is 0 Å². The van der Waals surface area contributed by atoms with Crippen LogP contribution < -0.4 is 5.73 Å². The largest absolute Gasteiger partial charge is 0.433 e. The number of anilines is 1. The number of hydrogen-bond donors (Lipinski definition) is 1. The second kappa shape index (κ2) is 4.72. The van der Waals surface area contributed by atoms with Crippen molar-refractivity contribution in [3.63, 3.8) is 0 Å². The van der Waals surface area contributed by atoms with Gasteiger partial charge in [0.2, 0.25) is 0 Å². The summed E-state index contributed by atoms with van der Waals surface area (Å²) in [6.45, 7) is 3.71. The molecule has 1 unspecified atom stereocenters. The maximum Gasteiger partial charge on any atom is 0.433 e. The van der Waals surface area contributed by atoms with Gasteiger partial charge in [-0.25, -0.2) is 4.98 Å². The van der Waals surface area contributed by atoms with E-state index in [0.717, 1.165) is 6.42 Å². The molecule has 0 radical (unpaired) electrons. The first-order valence-corrected chi connectivity index (χ1v) is 5.19. The van der Waals surface area contributed by atoms with Crippen LogP contribution >= 0.6 is 0 Å². The van der Waals surface area contributed by atoms with Crippen LogP contribution in [0.3, 0.4) is 0 Å². The van der Waals surface area contributed by atoms with Gasteiger partial charge in [-0.05, 0) is 24.0 Å². The number of halogens is 3. The predicted molar refractivity (Wildman–Crippen MR) is 57.0 cm³/mol. The van der Waals surface area contributed by atoms with E-state index in [-0.39, 0.29) is 17.3 Å². The Kier molecular flexibility index (Phi) is 3.78. The molecular weight excluding hydrogens is 217 g/mol. The molecule has 1 aromatic heterocycles. The van der Waals surface area contributed by atoms with Gasteiger partial charge in [0, 0.05) is 0 Å². The van der Waals surface area contributed by atoms with Gasteiger partial charge in [0.15, 0.2) is 0 Å². The van der Waals surface area contributed by atoms with E-state index in [0.29, 0.717) is 6.42 Å². The van der Waals surface area contributed by atoms with E-state index in [1.165, 1.54) is 12.1 Å². The summed E-state index contributed by atoms with van der Waals surface area (Å²) < 4.78 is 38.1. The van der Waals surface area contributed by atoms with Crippen molar-refractivity contribution in [3.05, 3.63) is 23.4 Å². The molecule has 1 atom stereocenters. The summed E-state index contributed by atoms with van der Waals surface area (Å²) in [4.78, 5) is 3.40. The van der Waals surface area contributed by atoms with Crippen LogP contribution in [0, 0.1) is 0 Å². The Hall–Kier alpha value is -1.26. The van der Waals surface area contributed by atoms with E-state index >= 15 is 0 Å². The number of alkyl halides is 3. The number of pyridine rings is 1. The third kappa shape index (κ3) is 2.87. The van der Waals surface area contributed by atoms with Crippen molar-refractivity contribution >= 4 is 5.82 Å². The van der Waals surface area contributed by atoms with Gasteiger partial charge >= 0.3 is 6.18 Å². The van der Waals surface area contributed by atoms with Gasteiger partial charge in [-0.1, -0.05) is 26.3 Å². The minimum atomic E-state index is -4.44. The molecule has 0 amide bonds. The molecule has 1 heterocycles. The molecule has 90 valence electrons. The molecule has 0 saturated carbocycles. The average Bonchev–Trinajstić information content (AvgIpc) is 2.16. The predicted octanol–water partition coefficient (Wildman–Crippen LogP) is 3.59. The zero-order chi connectivity index (χ0) is 12.3. The molecule has 0 aliphatic carbocycles. The number of aromatic nitrogens is 1. The summed E-state index contributed by atoms with van der Waals surface area (Å²) in [5.41, 5.74) is 4.66. The zero-order valence-electron chi connectivity index (χ0n) is 9.30. The molecule has 1 rings (SSSR count). The number of hydrogen-bond acceptors (Lipinski definition) is 2. The first-order chi connectivity index (χ1) is 7.36. The van der Waals surface area contributed by atoms with Crippen LogP contribution in [-0.4, -0.2) is 4.98 Å². The Morgan fingerprint density at radius 2 is 2.00 bits per heavy atom. The molecule has 0 spiro atoms. The summed E-state index contributed by atoms with van der Waals surface area (Å²) in [5.74, 6) is -0.255. The maximum absolute atomic E-state index is 12.7. The van der Waals surface area contributed by atoms with Crippen LogP contribution in [0.1, 0.15) is 43.9 Å². The van der Waals surface area contributed by atoms with Crippen LogP contribution in [-0.2, 0) is 6.18 Å². The minimum absolute atomic E-state index is 0.0974. The fourth-order valence-corrected chi connectivity index (χ4v) is 1.70. The quantitative estimate of drug-likeness (QED) is 0.864. The normalized spacial score (nSPS) is 13.8. The first kappa shape index (κ1) is 12.8. The number of nitrogens with two attached hydrogens (primary N) is 1. The van der Waals surface area contributed by atoms with Crippen LogP contribution in [0.4, 0.5) is 19.0 Å². The molecule has 0 bridgehead atoms. The summed E-state index contributed by atoms with van der Waals surface area (Å²) in [5, 5.41) is 0.